The van der Waals surface area contributed by atoms with Gasteiger partial charge in [0.25, 0.3) is 0 Å². The van der Waals surface area contributed by atoms with Gasteiger partial charge in [0.05, 0.1) is 25.9 Å². The molecule has 0 aliphatic heterocycles. The number of methoxy groups -OCH3 is 1. The number of carbonyl (C=O) groups is 1. The highest BCUT2D eigenvalue weighted by Gasteiger charge is 2.32. The van der Waals surface area contributed by atoms with Gasteiger partial charge in [-0.05, 0) is 30.0 Å². The molecular weight excluding hydrogens is 372 g/mol. The molecule has 6 heteroatoms. The van der Waals surface area contributed by atoms with Gasteiger partial charge in [-0.25, -0.2) is 0 Å². The van der Waals surface area contributed by atoms with E-state index in [4.69, 9.17) is 14.2 Å². The van der Waals surface area contributed by atoms with E-state index in [0.29, 0.717) is 13.0 Å². The number of aliphatic hydroxyl groups is 2. The van der Waals surface area contributed by atoms with Crippen LogP contribution >= 0.6 is 0 Å². The first-order valence-corrected chi connectivity index (χ1v) is 10.1. The molecule has 1 aromatic carbocycles. The van der Waals surface area contributed by atoms with E-state index in [1.54, 1.807) is 14.0 Å². The van der Waals surface area contributed by atoms with Crippen molar-refractivity contribution in [3.8, 4) is 5.75 Å². The predicted octanol–water partition coefficient (Wildman–Crippen LogP) is 3.35. The second kappa shape index (κ2) is 13.4. The Bertz CT molecular complexity index is 600. The predicted molar refractivity (Wildman–Crippen MR) is 113 cm³/mol. The number of esters is 1. The first-order chi connectivity index (χ1) is 13.8. The normalized spacial score (nSPS) is 16.3. The molecule has 0 amide bonds. The Balaban J connectivity index is 2.80. The fourth-order valence-electron chi connectivity index (χ4n) is 3.30. The Kier molecular flexibility index (Phi) is 11.6. The van der Waals surface area contributed by atoms with E-state index in [2.05, 4.69) is 6.58 Å². The van der Waals surface area contributed by atoms with Crippen molar-refractivity contribution in [3.05, 3.63) is 42.5 Å². The molecule has 29 heavy (non-hydrogen) atoms. The quantitative estimate of drug-likeness (QED) is 0.363. The maximum Gasteiger partial charge on any atom is 0.306 e. The van der Waals surface area contributed by atoms with E-state index in [1.165, 1.54) is 6.08 Å². The summed E-state index contributed by atoms with van der Waals surface area (Å²) in [5.74, 6) is 0.0383. The number of ether oxygens (including phenoxy) is 3. The molecule has 0 heterocycles. The lowest BCUT2D eigenvalue weighted by Crippen LogP contribution is -2.40. The number of benzene rings is 1. The van der Waals surface area contributed by atoms with Crippen LogP contribution in [0.3, 0.4) is 0 Å². The van der Waals surface area contributed by atoms with Crippen LogP contribution in [0.1, 0.15) is 39.2 Å². The zero-order valence-corrected chi connectivity index (χ0v) is 18.0. The van der Waals surface area contributed by atoms with Crippen LogP contribution in [0.2, 0.25) is 0 Å². The fraction of sp³-hybridized carbons (Fsp3) is 0.609. The van der Waals surface area contributed by atoms with Crippen LogP contribution in [0, 0.1) is 17.8 Å². The van der Waals surface area contributed by atoms with Crippen molar-refractivity contribution in [1.82, 2.24) is 0 Å². The van der Waals surface area contributed by atoms with Gasteiger partial charge in [-0.15, -0.1) is 0 Å². The van der Waals surface area contributed by atoms with Gasteiger partial charge in [0, 0.05) is 24.9 Å². The highest BCUT2D eigenvalue weighted by Crippen LogP contribution is 2.28. The standard InChI is InChI=1S/C23H36O6/c1-6-13-28-21(25)12-7-16(2)23(18(4)22(26)17(3)14-24)29-15-19-8-10-20(27-5)11-9-19/h6,8-11,16-18,22-24,26H,1,7,12-15H2,2-5H3/t16-,17-,18+,22-,23-/m0/s1. The molecule has 0 saturated heterocycles. The third-order valence-corrected chi connectivity index (χ3v) is 5.26. The minimum atomic E-state index is -0.712. The molecule has 2 N–H and O–H groups in total. The van der Waals surface area contributed by atoms with Crippen LogP contribution in [0.25, 0.3) is 0 Å². The van der Waals surface area contributed by atoms with Crippen molar-refractivity contribution in [2.24, 2.45) is 17.8 Å². The van der Waals surface area contributed by atoms with Crippen LogP contribution in [-0.4, -0.2) is 48.7 Å². The van der Waals surface area contributed by atoms with Crippen LogP contribution in [0.5, 0.6) is 5.75 Å². The van der Waals surface area contributed by atoms with E-state index in [9.17, 15) is 15.0 Å². The van der Waals surface area contributed by atoms with Crippen molar-refractivity contribution in [2.45, 2.75) is 52.4 Å². The Morgan fingerprint density at radius 2 is 1.83 bits per heavy atom. The van der Waals surface area contributed by atoms with Crippen molar-refractivity contribution >= 4 is 5.97 Å². The Labute approximate surface area is 174 Å². The number of hydrogen-bond acceptors (Lipinski definition) is 6. The monoisotopic (exact) mass is 408 g/mol. The van der Waals surface area contributed by atoms with E-state index < -0.39 is 6.10 Å². The maximum absolute atomic E-state index is 11.8. The highest BCUT2D eigenvalue weighted by molar-refractivity contribution is 5.69. The molecule has 0 fully saturated rings. The molecule has 1 aromatic rings. The van der Waals surface area contributed by atoms with Gasteiger partial charge in [-0.2, -0.15) is 0 Å². The maximum atomic E-state index is 11.8. The molecule has 0 unspecified atom stereocenters. The number of hydrogen-bond donors (Lipinski definition) is 2. The zero-order chi connectivity index (χ0) is 21.8. The summed E-state index contributed by atoms with van der Waals surface area (Å²) in [6.07, 6.45) is 1.39. The summed E-state index contributed by atoms with van der Waals surface area (Å²) < 4.78 is 16.4. The van der Waals surface area contributed by atoms with Gasteiger partial charge in [-0.1, -0.05) is 45.6 Å². The summed E-state index contributed by atoms with van der Waals surface area (Å²) in [5, 5.41) is 20.0. The van der Waals surface area contributed by atoms with Gasteiger partial charge in [0.1, 0.15) is 12.4 Å². The SMILES string of the molecule is C=CCOC(=O)CC[C@H](C)[C@H](OCc1ccc(OC)cc1)[C@H](C)[C@@H](O)[C@@H](C)CO. The van der Waals surface area contributed by atoms with Gasteiger partial charge in [0.15, 0.2) is 0 Å². The molecule has 1 rings (SSSR count). The first-order valence-electron chi connectivity index (χ1n) is 10.1. The Morgan fingerprint density at radius 1 is 1.17 bits per heavy atom. The van der Waals surface area contributed by atoms with Crippen LogP contribution in [-0.2, 0) is 20.9 Å². The van der Waals surface area contributed by atoms with Crippen LogP contribution < -0.4 is 4.74 Å². The average molecular weight is 409 g/mol. The largest absolute Gasteiger partial charge is 0.497 e. The molecular formula is C23H36O6. The lowest BCUT2D eigenvalue weighted by atomic mass is 9.82. The van der Waals surface area contributed by atoms with E-state index in [0.717, 1.165) is 11.3 Å². The molecule has 0 aliphatic carbocycles. The molecule has 0 aliphatic rings. The smallest absolute Gasteiger partial charge is 0.306 e. The summed E-state index contributed by atoms with van der Waals surface area (Å²) in [5.41, 5.74) is 0.991. The third kappa shape index (κ3) is 8.56. The van der Waals surface area contributed by atoms with E-state index in [1.807, 2.05) is 38.1 Å². The van der Waals surface area contributed by atoms with E-state index in [-0.39, 0.29) is 49.5 Å². The second-order valence-corrected chi connectivity index (χ2v) is 7.62. The minimum absolute atomic E-state index is 0.0140. The van der Waals surface area contributed by atoms with Gasteiger partial charge in [0.2, 0.25) is 0 Å². The first kappa shape index (κ1) is 25.1. The zero-order valence-electron chi connectivity index (χ0n) is 18.0. The lowest BCUT2D eigenvalue weighted by Gasteiger charge is -2.34. The third-order valence-electron chi connectivity index (χ3n) is 5.26. The molecule has 6 nitrogen and oxygen atoms in total. The second-order valence-electron chi connectivity index (χ2n) is 7.62. The van der Waals surface area contributed by atoms with Crippen LogP contribution in [0.15, 0.2) is 36.9 Å². The number of rotatable bonds is 14. The highest BCUT2D eigenvalue weighted by atomic mass is 16.5. The Hall–Kier alpha value is -1.89. The van der Waals surface area contributed by atoms with Crippen molar-refractivity contribution in [2.75, 3.05) is 20.3 Å². The van der Waals surface area contributed by atoms with Crippen molar-refractivity contribution in [3.63, 3.8) is 0 Å². The molecule has 5 atom stereocenters. The Morgan fingerprint density at radius 3 is 2.38 bits per heavy atom. The number of aliphatic hydroxyl groups excluding tert-OH is 2. The summed E-state index contributed by atoms with van der Waals surface area (Å²) in [6, 6.07) is 7.62. The molecule has 0 saturated carbocycles. The average Bonchev–Trinajstić information content (AvgIpc) is 2.75. The summed E-state index contributed by atoms with van der Waals surface area (Å²) in [7, 11) is 1.62. The molecule has 164 valence electrons. The molecule has 0 radical (unpaired) electrons. The molecule has 0 bridgehead atoms. The summed E-state index contributed by atoms with van der Waals surface area (Å²) in [4.78, 5) is 11.8. The minimum Gasteiger partial charge on any atom is -0.497 e. The van der Waals surface area contributed by atoms with E-state index >= 15 is 0 Å². The van der Waals surface area contributed by atoms with Crippen molar-refractivity contribution in [1.29, 1.82) is 0 Å². The van der Waals surface area contributed by atoms with Crippen molar-refractivity contribution < 1.29 is 29.2 Å². The fourth-order valence-corrected chi connectivity index (χ4v) is 3.30. The number of carbonyl (C=O) groups excluding carboxylic acids is 1. The van der Waals surface area contributed by atoms with Gasteiger partial charge in [-0.3, -0.25) is 4.79 Å². The summed E-state index contributed by atoms with van der Waals surface area (Å²) in [6.45, 7) is 9.75. The summed E-state index contributed by atoms with van der Waals surface area (Å²) >= 11 is 0. The molecule has 0 aromatic heterocycles. The topological polar surface area (TPSA) is 85.2 Å². The van der Waals surface area contributed by atoms with Gasteiger partial charge >= 0.3 is 5.97 Å². The lowest BCUT2D eigenvalue weighted by molar-refractivity contribution is -0.143. The molecule has 0 spiro atoms. The van der Waals surface area contributed by atoms with Crippen LogP contribution in [0.4, 0.5) is 0 Å². The van der Waals surface area contributed by atoms with Gasteiger partial charge < -0.3 is 24.4 Å².